The second kappa shape index (κ2) is 7.41. The molecule has 2 atom stereocenters. The monoisotopic (exact) mass is 309 g/mol. The quantitative estimate of drug-likeness (QED) is 0.878. The van der Waals surface area contributed by atoms with Crippen LogP contribution in [0.1, 0.15) is 43.7 Å². The molecule has 1 fully saturated rings. The Bertz CT molecular complexity index is 536. The highest BCUT2D eigenvalue weighted by molar-refractivity contribution is 7.89. The van der Waals surface area contributed by atoms with E-state index in [0.29, 0.717) is 0 Å². The van der Waals surface area contributed by atoms with Crippen molar-refractivity contribution in [3.63, 3.8) is 0 Å². The van der Waals surface area contributed by atoms with Gasteiger partial charge in [-0.15, -0.1) is 0 Å². The summed E-state index contributed by atoms with van der Waals surface area (Å²) in [6.07, 6.45) is 6.75. The smallest absolute Gasteiger partial charge is 0.151 e. The minimum absolute atomic E-state index is 0.125. The molecule has 1 aliphatic rings. The Morgan fingerprint density at radius 3 is 2.33 bits per heavy atom. The van der Waals surface area contributed by atoms with E-state index >= 15 is 0 Å². The number of hydrogen-bond acceptors (Lipinski definition) is 3. The van der Waals surface area contributed by atoms with Crippen molar-refractivity contribution in [2.75, 3.05) is 12.8 Å². The first kappa shape index (κ1) is 16.5. The normalized spacial score (nSPS) is 23.1. The second-order valence-electron chi connectivity index (χ2n) is 6.54. The van der Waals surface area contributed by atoms with E-state index < -0.39 is 9.84 Å². The Morgan fingerprint density at radius 2 is 1.71 bits per heavy atom. The molecule has 0 amide bonds. The Balaban J connectivity index is 1.78. The standard InChI is InChI=1S/C17H27NO2S/c1-14-5-3-4-6-17(14)12-18-11-15-7-9-16(10-8-15)13-21(2,19)20/h7-10,14,17-18H,3-6,11-13H2,1-2H3. The summed E-state index contributed by atoms with van der Waals surface area (Å²) in [6, 6.07) is 7.89. The minimum Gasteiger partial charge on any atom is -0.312 e. The first-order valence-electron chi connectivity index (χ1n) is 7.90. The highest BCUT2D eigenvalue weighted by atomic mass is 32.2. The van der Waals surface area contributed by atoms with E-state index in [1.165, 1.54) is 37.5 Å². The second-order valence-corrected chi connectivity index (χ2v) is 8.68. The molecule has 0 heterocycles. The lowest BCUT2D eigenvalue weighted by Gasteiger charge is -2.28. The van der Waals surface area contributed by atoms with Crippen LogP contribution in [0.15, 0.2) is 24.3 Å². The van der Waals surface area contributed by atoms with Gasteiger partial charge >= 0.3 is 0 Å². The van der Waals surface area contributed by atoms with Crippen LogP contribution >= 0.6 is 0 Å². The van der Waals surface area contributed by atoms with Gasteiger partial charge in [0.1, 0.15) is 0 Å². The lowest BCUT2D eigenvalue weighted by molar-refractivity contribution is 0.247. The third-order valence-electron chi connectivity index (χ3n) is 4.48. The van der Waals surface area contributed by atoms with Crippen LogP contribution in [0.25, 0.3) is 0 Å². The summed E-state index contributed by atoms with van der Waals surface area (Å²) < 4.78 is 22.5. The Morgan fingerprint density at radius 1 is 1.10 bits per heavy atom. The fourth-order valence-electron chi connectivity index (χ4n) is 3.15. The van der Waals surface area contributed by atoms with Crippen molar-refractivity contribution >= 4 is 9.84 Å². The van der Waals surface area contributed by atoms with Crippen molar-refractivity contribution in [3.8, 4) is 0 Å². The van der Waals surface area contributed by atoms with Crippen LogP contribution in [-0.2, 0) is 22.1 Å². The summed E-state index contributed by atoms with van der Waals surface area (Å²) >= 11 is 0. The molecule has 21 heavy (non-hydrogen) atoms. The van der Waals surface area contributed by atoms with Gasteiger partial charge < -0.3 is 5.32 Å². The third kappa shape index (κ3) is 5.79. The number of hydrogen-bond donors (Lipinski definition) is 1. The van der Waals surface area contributed by atoms with Gasteiger partial charge in [-0.2, -0.15) is 0 Å². The molecule has 118 valence electrons. The molecular weight excluding hydrogens is 282 g/mol. The molecule has 0 saturated heterocycles. The predicted molar refractivity (Wildman–Crippen MR) is 87.8 cm³/mol. The van der Waals surface area contributed by atoms with Gasteiger partial charge in [0.05, 0.1) is 5.75 Å². The fourth-order valence-corrected chi connectivity index (χ4v) is 3.95. The van der Waals surface area contributed by atoms with Gasteiger partial charge in [-0.1, -0.05) is 50.5 Å². The van der Waals surface area contributed by atoms with E-state index in [-0.39, 0.29) is 5.75 Å². The molecule has 1 aromatic carbocycles. The maximum absolute atomic E-state index is 11.3. The van der Waals surface area contributed by atoms with Gasteiger partial charge in [0.2, 0.25) is 0 Å². The highest BCUT2D eigenvalue weighted by Crippen LogP contribution is 2.28. The summed E-state index contributed by atoms with van der Waals surface area (Å²) in [5.74, 6) is 1.77. The highest BCUT2D eigenvalue weighted by Gasteiger charge is 2.20. The van der Waals surface area contributed by atoms with Crippen molar-refractivity contribution in [2.24, 2.45) is 11.8 Å². The van der Waals surface area contributed by atoms with Gasteiger partial charge in [-0.05, 0) is 35.9 Å². The van der Waals surface area contributed by atoms with Crippen molar-refractivity contribution in [1.82, 2.24) is 5.32 Å². The number of nitrogens with one attached hydrogen (secondary N) is 1. The average Bonchev–Trinajstić information content (AvgIpc) is 2.41. The maximum Gasteiger partial charge on any atom is 0.151 e. The van der Waals surface area contributed by atoms with Crippen LogP contribution in [0.3, 0.4) is 0 Å². The third-order valence-corrected chi connectivity index (χ3v) is 5.33. The van der Waals surface area contributed by atoms with Crippen LogP contribution in [0.4, 0.5) is 0 Å². The maximum atomic E-state index is 11.3. The van der Waals surface area contributed by atoms with Gasteiger partial charge in [-0.25, -0.2) is 8.42 Å². The molecule has 0 spiro atoms. The van der Waals surface area contributed by atoms with E-state index in [1.54, 1.807) is 0 Å². The molecule has 1 saturated carbocycles. The van der Waals surface area contributed by atoms with E-state index in [0.717, 1.165) is 30.5 Å². The van der Waals surface area contributed by atoms with Gasteiger partial charge in [0, 0.05) is 12.8 Å². The molecule has 1 N–H and O–H groups in total. The van der Waals surface area contributed by atoms with Crippen LogP contribution in [0.5, 0.6) is 0 Å². The zero-order valence-corrected chi connectivity index (χ0v) is 14.0. The molecule has 2 unspecified atom stereocenters. The SMILES string of the molecule is CC1CCCCC1CNCc1ccc(CS(C)(=O)=O)cc1. The van der Waals surface area contributed by atoms with Crippen molar-refractivity contribution < 1.29 is 8.42 Å². The zero-order chi connectivity index (χ0) is 15.3. The van der Waals surface area contributed by atoms with Crippen LogP contribution in [0, 0.1) is 11.8 Å². The zero-order valence-electron chi connectivity index (χ0n) is 13.1. The lowest BCUT2D eigenvalue weighted by atomic mass is 9.80. The van der Waals surface area contributed by atoms with E-state index in [4.69, 9.17) is 0 Å². The summed E-state index contributed by atoms with van der Waals surface area (Å²) in [4.78, 5) is 0. The Kier molecular flexibility index (Phi) is 5.82. The molecule has 2 rings (SSSR count). The molecule has 4 heteroatoms. The minimum atomic E-state index is -2.94. The summed E-state index contributed by atoms with van der Waals surface area (Å²) in [7, 11) is -2.94. The van der Waals surface area contributed by atoms with E-state index in [9.17, 15) is 8.42 Å². The van der Waals surface area contributed by atoms with E-state index in [2.05, 4.69) is 12.2 Å². The molecule has 1 aromatic rings. The topological polar surface area (TPSA) is 46.2 Å². The van der Waals surface area contributed by atoms with Gasteiger partial charge in [0.25, 0.3) is 0 Å². The summed E-state index contributed by atoms with van der Waals surface area (Å²) in [5.41, 5.74) is 2.08. The Labute approximate surface area is 129 Å². The van der Waals surface area contributed by atoms with Crippen LogP contribution in [-0.4, -0.2) is 21.2 Å². The largest absolute Gasteiger partial charge is 0.312 e. The van der Waals surface area contributed by atoms with Crippen molar-refractivity contribution in [3.05, 3.63) is 35.4 Å². The van der Waals surface area contributed by atoms with Gasteiger partial charge in [0.15, 0.2) is 9.84 Å². The molecule has 1 aliphatic carbocycles. The number of benzene rings is 1. The number of sulfone groups is 1. The van der Waals surface area contributed by atoms with Crippen molar-refractivity contribution in [1.29, 1.82) is 0 Å². The Hall–Kier alpha value is -0.870. The fraction of sp³-hybridized carbons (Fsp3) is 0.647. The predicted octanol–water partition coefficient (Wildman–Crippen LogP) is 3.15. The van der Waals surface area contributed by atoms with E-state index in [1.807, 2.05) is 24.3 Å². The molecule has 0 aliphatic heterocycles. The summed E-state index contributed by atoms with van der Waals surface area (Å²) in [6.45, 7) is 4.32. The lowest BCUT2D eigenvalue weighted by Crippen LogP contribution is -2.29. The van der Waals surface area contributed by atoms with Crippen molar-refractivity contribution in [2.45, 2.75) is 44.9 Å². The summed E-state index contributed by atoms with van der Waals surface area (Å²) in [5, 5.41) is 3.55. The first-order valence-corrected chi connectivity index (χ1v) is 9.96. The van der Waals surface area contributed by atoms with Crippen LogP contribution in [0.2, 0.25) is 0 Å². The van der Waals surface area contributed by atoms with Gasteiger partial charge in [-0.3, -0.25) is 0 Å². The molecule has 0 radical (unpaired) electrons. The van der Waals surface area contributed by atoms with Crippen LogP contribution < -0.4 is 5.32 Å². The molecular formula is C17H27NO2S. The molecule has 0 aromatic heterocycles. The number of rotatable bonds is 6. The molecule has 3 nitrogen and oxygen atoms in total. The first-order chi connectivity index (χ1) is 9.94. The average molecular weight is 309 g/mol. The molecule has 0 bridgehead atoms.